The summed E-state index contributed by atoms with van der Waals surface area (Å²) in [5.41, 5.74) is 0. The fraction of sp³-hybridized carbons (Fsp3) is 0.727. The zero-order valence-electron chi connectivity index (χ0n) is 9.12. The van der Waals surface area contributed by atoms with Crippen LogP contribution < -0.4 is 5.32 Å². The fourth-order valence-electron chi connectivity index (χ4n) is 1.39. The van der Waals surface area contributed by atoms with Gasteiger partial charge < -0.3 is 10.2 Å². The van der Waals surface area contributed by atoms with E-state index in [1.54, 1.807) is 0 Å². The molecule has 0 radical (unpaired) electrons. The molecule has 0 bridgehead atoms. The second kappa shape index (κ2) is 5.81. The summed E-state index contributed by atoms with van der Waals surface area (Å²) < 4.78 is 0. The Morgan fingerprint density at radius 3 is 2.93 bits per heavy atom. The van der Waals surface area contributed by atoms with E-state index in [4.69, 9.17) is 0 Å². The topological polar surface area (TPSA) is 32.3 Å². The second-order valence-electron chi connectivity index (χ2n) is 3.79. The minimum atomic E-state index is 0.217. The number of carbonyl (C=O) groups excluding carboxylic acids is 1. The lowest BCUT2D eigenvalue weighted by atomic mass is 10.2. The number of carbonyl (C=O) groups is 1. The molecule has 1 aliphatic heterocycles. The molecular weight excluding hydrogens is 176 g/mol. The lowest BCUT2D eigenvalue weighted by molar-refractivity contribution is -0.130. The summed E-state index contributed by atoms with van der Waals surface area (Å²) in [4.78, 5) is 13.5. The van der Waals surface area contributed by atoms with Gasteiger partial charge in [0.05, 0.1) is 6.54 Å². The molecular formula is C11H20N2O. The maximum Gasteiger partial charge on any atom is 0.236 e. The molecule has 1 rings (SSSR count). The Hall–Kier alpha value is -0.830. The molecule has 1 amide bonds. The zero-order chi connectivity index (χ0) is 10.4. The monoisotopic (exact) mass is 196 g/mol. The van der Waals surface area contributed by atoms with Crippen LogP contribution in [0, 0.1) is 0 Å². The Morgan fingerprint density at radius 2 is 2.36 bits per heavy atom. The Balaban J connectivity index is 2.24. The normalized spacial score (nSPS) is 18.3. The van der Waals surface area contributed by atoms with Crippen molar-refractivity contribution in [3.63, 3.8) is 0 Å². The van der Waals surface area contributed by atoms with Crippen LogP contribution in [-0.2, 0) is 4.79 Å². The first kappa shape index (κ1) is 11.2. The van der Waals surface area contributed by atoms with Gasteiger partial charge in [-0.25, -0.2) is 0 Å². The van der Waals surface area contributed by atoms with Gasteiger partial charge in [0, 0.05) is 19.1 Å². The Kier molecular flexibility index (Phi) is 4.66. The molecule has 3 heteroatoms. The number of nitrogens with zero attached hydrogens (tertiary/aromatic N) is 1. The van der Waals surface area contributed by atoms with Crippen LogP contribution in [0.3, 0.4) is 0 Å². The van der Waals surface area contributed by atoms with Crippen LogP contribution in [0.1, 0.15) is 26.7 Å². The standard InChI is InChI=1S/C11H20N2O/c1-3-10(2)12-9-11(14)13-7-5-4-6-8-13/h4-5,10,12H,3,6-9H2,1-2H3. The minimum absolute atomic E-state index is 0.217. The third-order valence-corrected chi connectivity index (χ3v) is 2.62. The first-order chi connectivity index (χ1) is 6.74. The molecule has 3 nitrogen and oxygen atoms in total. The van der Waals surface area contributed by atoms with E-state index in [-0.39, 0.29) is 5.91 Å². The molecule has 0 aromatic carbocycles. The number of amides is 1. The lowest BCUT2D eigenvalue weighted by Crippen LogP contribution is -2.42. The molecule has 0 aliphatic carbocycles. The maximum absolute atomic E-state index is 11.6. The fourth-order valence-corrected chi connectivity index (χ4v) is 1.39. The first-order valence-corrected chi connectivity index (χ1v) is 5.40. The largest absolute Gasteiger partial charge is 0.338 e. The van der Waals surface area contributed by atoms with Gasteiger partial charge in [0.15, 0.2) is 0 Å². The van der Waals surface area contributed by atoms with Crippen LogP contribution in [0.2, 0.25) is 0 Å². The smallest absolute Gasteiger partial charge is 0.236 e. The number of nitrogens with one attached hydrogen (secondary N) is 1. The average molecular weight is 196 g/mol. The van der Waals surface area contributed by atoms with Gasteiger partial charge in [-0.1, -0.05) is 19.1 Å². The molecule has 1 aliphatic rings. The average Bonchev–Trinajstić information content (AvgIpc) is 2.26. The summed E-state index contributed by atoms with van der Waals surface area (Å²) in [5, 5.41) is 3.21. The van der Waals surface area contributed by atoms with Crippen molar-refractivity contribution < 1.29 is 4.79 Å². The van der Waals surface area contributed by atoms with Gasteiger partial charge in [-0.3, -0.25) is 4.79 Å². The van der Waals surface area contributed by atoms with Crippen molar-refractivity contribution in [3.05, 3.63) is 12.2 Å². The SMILES string of the molecule is CCC(C)NCC(=O)N1CC=CCC1. The highest BCUT2D eigenvalue weighted by Crippen LogP contribution is 2.01. The molecule has 0 aromatic rings. The van der Waals surface area contributed by atoms with E-state index in [2.05, 4.69) is 31.3 Å². The third kappa shape index (κ3) is 3.50. The highest BCUT2D eigenvalue weighted by molar-refractivity contribution is 5.78. The van der Waals surface area contributed by atoms with Crippen molar-refractivity contribution in [1.82, 2.24) is 10.2 Å². The van der Waals surface area contributed by atoms with E-state index < -0.39 is 0 Å². The summed E-state index contributed by atoms with van der Waals surface area (Å²) in [6, 6.07) is 0.430. The van der Waals surface area contributed by atoms with Crippen LogP contribution in [-0.4, -0.2) is 36.5 Å². The minimum Gasteiger partial charge on any atom is -0.338 e. The predicted octanol–water partition coefficient (Wildman–Crippen LogP) is 1.16. The van der Waals surface area contributed by atoms with Crippen molar-refractivity contribution in [2.24, 2.45) is 0 Å². The van der Waals surface area contributed by atoms with Gasteiger partial charge in [-0.2, -0.15) is 0 Å². The summed E-state index contributed by atoms with van der Waals surface area (Å²) in [6.45, 7) is 6.34. The molecule has 0 spiro atoms. The predicted molar refractivity (Wildman–Crippen MR) is 58.1 cm³/mol. The highest BCUT2D eigenvalue weighted by atomic mass is 16.2. The molecule has 0 saturated heterocycles. The Morgan fingerprint density at radius 1 is 1.57 bits per heavy atom. The first-order valence-electron chi connectivity index (χ1n) is 5.40. The van der Waals surface area contributed by atoms with E-state index >= 15 is 0 Å². The molecule has 1 unspecified atom stereocenters. The molecule has 80 valence electrons. The summed E-state index contributed by atoms with van der Waals surface area (Å²) in [6.07, 6.45) is 6.25. The Bertz CT molecular complexity index is 213. The van der Waals surface area contributed by atoms with Crippen molar-refractivity contribution in [3.8, 4) is 0 Å². The highest BCUT2D eigenvalue weighted by Gasteiger charge is 2.13. The molecule has 0 fully saturated rings. The van der Waals surface area contributed by atoms with Crippen LogP contribution in [0.4, 0.5) is 0 Å². The molecule has 14 heavy (non-hydrogen) atoms. The van der Waals surface area contributed by atoms with E-state index in [0.717, 1.165) is 25.9 Å². The number of rotatable bonds is 4. The van der Waals surface area contributed by atoms with Crippen molar-refractivity contribution in [1.29, 1.82) is 0 Å². The Labute approximate surface area is 86.2 Å². The van der Waals surface area contributed by atoms with Crippen molar-refractivity contribution in [2.45, 2.75) is 32.7 Å². The van der Waals surface area contributed by atoms with Crippen LogP contribution in [0.25, 0.3) is 0 Å². The van der Waals surface area contributed by atoms with Gasteiger partial charge in [0.25, 0.3) is 0 Å². The summed E-state index contributed by atoms with van der Waals surface area (Å²) >= 11 is 0. The van der Waals surface area contributed by atoms with Gasteiger partial charge in [-0.05, 0) is 19.8 Å². The van der Waals surface area contributed by atoms with Crippen LogP contribution >= 0.6 is 0 Å². The number of hydrogen-bond acceptors (Lipinski definition) is 2. The van der Waals surface area contributed by atoms with Crippen molar-refractivity contribution >= 4 is 5.91 Å². The van der Waals surface area contributed by atoms with E-state index in [1.165, 1.54) is 0 Å². The van der Waals surface area contributed by atoms with Gasteiger partial charge >= 0.3 is 0 Å². The zero-order valence-corrected chi connectivity index (χ0v) is 9.12. The van der Waals surface area contributed by atoms with Gasteiger partial charge in [-0.15, -0.1) is 0 Å². The summed E-state index contributed by atoms with van der Waals surface area (Å²) in [7, 11) is 0. The molecule has 0 saturated carbocycles. The summed E-state index contributed by atoms with van der Waals surface area (Å²) in [5.74, 6) is 0.217. The maximum atomic E-state index is 11.6. The van der Waals surface area contributed by atoms with Crippen LogP contribution in [0.15, 0.2) is 12.2 Å². The lowest BCUT2D eigenvalue weighted by Gasteiger charge is -2.24. The second-order valence-corrected chi connectivity index (χ2v) is 3.79. The van der Waals surface area contributed by atoms with E-state index in [0.29, 0.717) is 12.6 Å². The molecule has 0 aromatic heterocycles. The van der Waals surface area contributed by atoms with Gasteiger partial charge in [0.2, 0.25) is 5.91 Å². The van der Waals surface area contributed by atoms with Gasteiger partial charge in [0.1, 0.15) is 0 Å². The molecule has 1 heterocycles. The van der Waals surface area contributed by atoms with Crippen LogP contribution in [0.5, 0.6) is 0 Å². The third-order valence-electron chi connectivity index (χ3n) is 2.62. The quantitative estimate of drug-likeness (QED) is 0.684. The van der Waals surface area contributed by atoms with E-state index in [9.17, 15) is 4.79 Å². The van der Waals surface area contributed by atoms with E-state index in [1.807, 2.05) is 4.90 Å². The molecule has 1 atom stereocenters. The number of hydrogen-bond donors (Lipinski definition) is 1. The van der Waals surface area contributed by atoms with Crippen molar-refractivity contribution in [2.75, 3.05) is 19.6 Å². The molecule has 1 N–H and O–H groups in total.